The van der Waals surface area contributed by atoms with Crippen molar-refractivity contribution in [2.45, 2.75) is 30.9 Å². The van der Waals surface area contributed by atoms with Gasteiger partial charge in [-0.2, -0.15) is 0 Å². The highest BCUT2D eigenvalue weighted by molar-refractivity contribution is 5.30. The lowest BCUT2D eigenvalue weighted by Gasteiger charge is -2.35. The third kappa shape index (κ3) is 4.03. The molecule has 3 N–H and O–H groups in total. The fourth-order valence-electron chi connectivity index (χ4n) is 3.02. The molecule has 0 saturated heterocycles. The molecule has 2 aromatic carbocycles. The van der Waals surface area contributed by atoms with Crippen LogP contribution in [0.1, 0.15) is 24.0 Å². The highest BCUT2D eigenvalue weighted by Crippen LogP contribution is 2.36. The summed E-state index contributed by atoms with van der Waals surface area (Å²) >= 11 is 0. The average Bonchev–Trinajstić information content (AvgIpc) is 2.49. The molecule has 0 saturated carbocycles. The van der Waals surface area contributed by atoms with Crippen molar-refractivity contribution in [3.8, 4) is 0 Å². The molecule has 2 nitrogen and oxygen atoms in total. The Labute approximate surface area is 126 Å². The van der Waals surface area contributed by atoms with Crippen LogP contribution in [0.5, 0.6) is 0 Å². The zero-order chi connectivity index (χ0) is 15.1. The van der Waals surface area contributed by atoms with Gasteiger partial charge in [0, 0.05) is 5.41 Å². The summed E-state index contributed by atoms with van der Waals surface area (Å²) in [5.41, 5.74) is 7.93. The number of aliphatic hydroxyl groups is 1. The van der Waals surface area contributed by atoms with Crippen molar-refractivity contribution in [3.05, 3.63) is 84.4 Å². The quantitative estimate of drug-likeness (QED) is 0.603. The minimum absolute atomic E-state index is 0.224. The summed E-state index contributed by atoms with van der Waals surface area (Å²) in [7, 11) is 0. The molecule has 2 heteroatoms. The molecule has 0 amide bonds. The molecule has 0 spiro atoms. The lowest BCUT2D eigenvalue weighted by atomic mass is 9.70. The Bertz CT molecular complexity index is 550. The van der Waals surface area contributed by atoms with Crippen LogP contribution >= 0.6 is 0 Å². The largest absolute Gasteiger partial charge is 0.379 e. The number of benzene rings is 2. The maximum absolute atomic E-state index is 9.80. The molecular weight excluding hydrogens is 258 g/mol. The molecule has 2 aromatic rings. The molecule has 0 bridgehead atoms. The zero-order valence-electron chi connectivity index (χ0n) is 12.3. The molecule has 0 radical (unpaired) electrons. The first-order valence-corrected chi connectivity index (χ1v) is 7.30. The Morgan fingerprint density at radius 2 is 1.62 bits per heavy atom. The van der Waals surface area contributed by atoms with Gasteiger partial charge in [0.1, 0.15) is 6.23 Å². The van der Waals surface area contributed by atoms with Crippen molar-refractivity contribution >= 4 is 0 Å². The molecule has 21 heavy (non-hydrogen) atoms. The zero-order valence-corrected chi connectivity index (χ0v) is 12.3. The second-order valence-electron chi connectivity index (χ2n) is 5.57. The van der Waals surface area contributed by atoms with Gasteiger partial charge in [-0.3, -0.25) is 0 Å². The van der Waals surface area contributed by atoms with E-state index in [1.54, 1.807) is 0 Å². The number of hydrogen-bond acceptors (Lipinski definition) is 2. The van der Waals surface area contributed by atoms with E-state index in [1.165, 1.54) is 11.1 Å². The fourth-order valence-corrected chi connectivity index (χ4v) is 3.02. The number of rotatable bonds is 7. The van der Waals surface area contributed by atoms with Crippen LogP contribution in [0.25, 0.3) is 0 Å². The Morgan fingerprint density at radius 1 is 1.05 bits per heavy atom. The van der Waals surface area contributed by atoms with Crippen LogP contribution < -0.4 is 5.73 Å². The third-order valence-corrected chi connectivity index (χ3v) is 3.91. The molecule has 0 aliphatic carbocycles. The van der Waals surface area contributed by atoms with E-state index in [-0.39, 0.29) is 5.41 Å². The molecule has 0 aromatic heterocycles. The molecule has 2 unspecified atom stereocenters. The van der Waals surface area contributed by atoms with E-state index in [0.29, 0.717) is 6.42 Å². The fraction of sp³-hybridized carbons (Fsp3) is 0.263. The predicted octanol–water partition coefficient (Wildman–Crippen LogP) is 3.41. The number of hydrogen-bond donors (Lipinski definition) is 2. The summed E-state index contributed by atoms with van der Waals surface area (Å²) in [6, 6.07) is 20.6. The van der Waals surface area contributed by atoms with Crippen LogP contribution in [0.2, 0.25) is 0 Å². The molecule has 2 atom stereocenters. The van der Waals surface area contributed by atoms with E-state index in [0.717, 1.165) is 12.8 Å². The minimum Gasteiger partial charge on any atom is -0.379 e. The van der Waals surface area contributed by atoms with E-state index in [4.69, 9.17) is 5.73 Å². The maximum Gasteiger partial charge on any atom is 0.103 e. The van der Waals surface area contributed by atoms with Crippen LogP contribution in [0.15, 0.2) is 73.3 Å². The molecule has 110 valence electrons. The third-order valence-electron chi connectivity index (χ3n) is 3.91. The highest BCUT2D eigenvalue weighted by Gasteiger charge is 2.32. The molecule has 0 aliphatic rings. The summed E-state index contributed by atoms with van der Waals surface area (Å²) in [6.45, 7) is 3.90. The van der Waals surface area contributed by atoms with E-state index in [1.807, 2.05) is 42.5 Å². The van der Waals surface area contributed by atoms with Gasteiger partial charge >= 0.3 is 0 Å². The van der Waals surface area contributed by atoms with Gasteiger partial charge < -0.3 is 10.8 Å². The van der Waals surface area contributed by atoms with Crippen molar-refractivity contribution in [2.75, 3.05) is 0 Å². The van der Waals surface area contributed by atoms with E-state index >= 15 is 0 Å². The molecule has 0 aliphatic heterocycles. The van der Waals surface area contributed by atoms with E-state index in [9.17, 15) is 5.11 Å². The van der Waals surface area contributed by atoms with Gasteiger partial charge in [0.05, 0.1) is 0 Å². The van der Waals surface area contributed by atoms with Crippen molar-refractivity contribution in [3.63, 3.8) is 0 Å². The molecule has 0 fully saturated rings. The maximum atomic E-state index is 9.80. The van der Waals surface area contributed by atoms with Crippen LogP contribution in [0, 0.1) is 0 Å². The summed E-state index contributed by atoms with van der Waals surface area (Å²) < 4.78 is 0. The number of allylic oxidation sites excluding steroid dienone is 1. The van der Waals surface area contributed by atoms with Crippen LogP contribution in [-0.2, 0) is 11.8 Å². The lowest BCUT2D eigenvalue weighted by molar-refractivity contribution is 0.135. The van der Waals surface area contributed by atoms with Gasteiger partial charge in [-0.1, -0.05) is 66.7 Å². The van der Waals surface area contributed by atoms with Gasteiger partial charge in [0.2, 0.25) is 0 Å². The van der Waals surface area contributed by atoms with Gasteiger partial charge in [-0.15, -0.1) is 6.58 Å². The van der Waals surface area contributed by atoms with Crippen molar-refractivity contribution < 1.29 is 5.11 Å². The normalized spacial score (nSPS) is 15.1. The summed E-state index contributed by atoms with van der Waals surface area (Å²) in [4.78, 5) is 0. The highest BCUT2D eigenvalue weighted by atomic mass is 16.3. The topological polar surface area (TPSA) is 46.2 Å². The Hall–Kier alpha value is -1.90. The lowest BCUT2D eigenvalue weighted by Crippen LogP contribution is -2.36. The van der Waals surface area contributed by atoms with Crippen LogP contribution in [0.3, 0.4) is 0 Å². The predicted molar refractivity (Wildman–Crippen MR) is 87.9 cm³/mol. The minimum atomic E-state index is -0.839. The Kier molecular flexibility index (Phi) is 5.32. The smallest absolute Gasteiger partial charge is 0.103 e. The second-order valence-corrected chi connectivity index (χ2v) is 5.57. The van der Waals surface area contributed by atoms with Crippen molar-refractivity contribution in [1.29, 1.82) is 0 Å². The van der Waals surface area contributed by atoms with Crippen LogP contribution in [0.4, 0.5) is 0 Å². The van der Waals surface area contributed by atoms with Gasteiger partial charge in [-0.05, 0) is 30.4 Å². The van der Waals surface area contributed by atoms with Crippen LogP contribution in [-0.4, -0.2) is 11.3 Å². The number of aliphatic hydroxyl groups excluding tert-OH is 1. The molecule has 0 heterocycles. The first-order chi connectivity index (χ1) is 10.2. The average molecular weight is 281 g/mol. The van der Waals surface area contributed by atoms with Crippen molar-refractivity contribution in [1.82, 2.24) is 0 Å². The Morgan fingerprint density at radius 3 is 2.14 bits per heavy atom. The summed E-state index contributed by atoms with van der Waals surface area (Å²) in [5, 5.41) is 9.80. The molecule has 2 rings (SSSR count). The van der Waals surface area contributed by atoms with Crippen molar-refractivity contribution in [2.24, 2.45) is 5.73 Å². The number of nitrogens with two attached hydrogens (primary N) is 1. The SMILES string of the molecule is C=CCC(Cc1ccccc1)(CC(N)O)c1ccccc1. The monoisotopic (exact) mass is 281 g/mol. The van der Waals surface area contributed by atoms with E-state index < -0.39 is 6.23 Å². The standard InChI is InChI=1S/C19H23NO/c1-2-13-19(15-18(20)21,17-11-7-4-8-12-17)14-16-9-5-3-6-10-16/h2-12,18,21H,1,13-15,20H2. The Balaban J connectivity index is 2.42. The van der Waals surface area contributed by atoms with E-state index in [2.05, 4.69) is 30.8 Å². The van der Waals surface area contributed by atoms with Gasteiger partial charge in [0.25, 0.3) is 0 Å². The second kappa shape index (κ2) is 7.21. The first-order valence-electron chi connectivity index (χ1n) is 7.30. The molecular formula is C19H23NO. The van der Waals surface area contributed by atoms with Gasteiger partial charge in [-0.25, -0.2) is 0 Å². The first kappa shape index (κ1) is 15.5. The summed E-state index contributed by atoms with van der Waals surface area (Å²) in [5.74, 6) is 0. The van der Waals surface area contributed by atoms with Gasteiger partial charge in [0.15, 0.2) is 0 Å². The summed E-state index contributed by atoms with van der Waals surface area (Å²) in [6.07, 6.45) is 3.20.